The van der Waals surface area contributed by atoms with Gasteiger partial charge >= 0.3 is 0 Å². The van der Waals surface area contributed by atoms with Crippen molar-refractivity contribution in [2.45, 2.75) is 60.3 Å². The summed E-state index contributed by atoms with van der Waals surface area (Å²) in [6.45, 7) is 14.3. The summed E-state index contributed by atoms with van der Waals surface area (Å²) in [6.07, 6.45) is 3.64. The maximum absolute atomic E-state index is 11.1. The van der Waals surface area contributed by atoms with Crippen molar-refractivity contribution in [3.05, 3.63) is 89.2 Å². The number of aromatic hydroxyl groups is 1. The van der Waals surface area contributed by atoms with Crippen molar-refractivity contribution in [2.24, 2.45) is 0 Å². The zero-order valence-corrected chi connectivity index (χ0v) is 25.2. The average Bonchev–Trinajstić information content (AvgIpc) is 2.94. The number of aromatic nitrogens is 3. The molecule has 1 N–H and O–H groups in total. The number of Topliss-reactive ketones (excluding diaryl/α,β-unsaturated/α-hetero) is 1. The predicted molar refractivity (Wildman–Crippen MR) is 166 cm³/mol. The highest BCUT2D eigenvalue weighted by Gasteiger charge is 2.17. The topological polar surface area (TPSA) is 94.4 Å². The van der Waals surface area contributed by atoms with Crippen molar-refractivity contribution in [1.29, 1.82) is 0 Å². The van der Waals surface area contributed by atoms with Crippen molar-refractivity contribution < 1.29 is 19.4 Å². The molecule has 0 bridgehead atoms. The standard InChI is InChI=1S/C35H39N3O4/c1-22-11-14-29(24(3)19-22)33-36-34(30-15-12-23(2)20-25(30)4)38-35(37-33)31-16-13-28(21-32(31)40)42-18-10-8-7-9-17-41-27(6)26(5)39/h11-16,19-21,40H,6-10,17-18H2,1-5H3. The Bertz CT molecular complexity index is 1530. The van der Waals surface area contributed by atoms with Gasteiger partial charge in [-0.1, -0.05) is 54.1 Å². The lowest BCUT2D eigenvalue weighted by Gasteiger charge is -2.13. The molecule has 3 aromatic carbocycles. The number of unbranched alkanes of at least 4 members (excludes halogenated alkanes) is 3. The Morgan fingerprint density at radius 3 is 1.71 bits per heavy atom. The van der Waals surface area contributed by atoms with Crippen LogP contribution in [0.5, 0.6) is 11.5 Å². The Balaban J connectivity index is 1.50. The molecule has 0 fully saturated rings. The number of aryl methyl sites for hydroxylation is 4. The number of ether oxygens (including phenoxy) is 2. The van der Waals surface area contributed by atoms with Crippen LogP contribution in [0, 0.1) is 27.7 Å². The number of carbonyl (C=O) groups excluding carboxylic acids is 1. The zero-order chi connectivity index (χ0) is 30.2. The van der Waals surface area contributed by atoms with Gasteiger partial charge < -0.3 is 14.6 Å². The molecule has 0 saturated heterocycles. The Hall–Kier alpha value is -4.52. The van der Waals surface area contributed by atoms with Crippen LogP contribution in [0.3, 0.4) is 0 Å². The van der Waals surface area contributed by atoms with Gasteiger partial charge in [-0.05, 0) is 76.6 Å². The lowest BCUT2D eigenvalue weighted by Crippen LogP contribution is -2.03. The quantitative estimate of drug-likeness (QED) is 0.100. The first kappa shape index (κ1) is 30.4. The molecular weight excluding hydrogens is 526 g/mol. The molecule has 42 heavy (non-hydrogen) atoms. The lowest BCUT2D eigenvalue weighted by atomic mass is 10.0. The Labute approximate surface area is 248 Å². The molecule has 0 amide bonds. The number of allylic oxidation sites excluding steroid dienone is 1. The van der Waals surface area contributed by atoms with Gasteiger partial charge in [0, 0.05) is 24.1 Å². The highest BCUT2D eigenvalue weighted by molar-refractivity contribution is 5.90. The van der Waals surface area contributed by atoms with E-state index in [1.165, 1.54) is 18.1 Å². The van der Waals surface area contributed by atoms with Gasteiger partial charge in [-0.25, -0.2) is 15.0 Å². The molecule has 4 aromatic rings. The van der Waals surface area contributed by atoms with Crippen LogP contribution in [-0.2, 0) is 9.53 Å². The van der Waals surface area contributed by atoms with E-state index in [0.29, 0.717) is 42.0 Å². The van der Waals surface area contributed by atoms with E-state index < -0.39 is 0 Å². The number of hydrogen-bond donors (Lipinski definition) is 1. The summed E-state index contributed by atoms with van der Waals surface area (Å²) in [5, 5.41) is 11.0. The minimum Gasteiger partial charge on any atom is -0.507 e. The third-order valence-electron chi connectivity index (χ3n) is 7.07. The first-order valence-electron chi connectivity index (χ1n) is 14.3. The van der Waals surface area contributed by atoms with Crippen molar-refractivity contribution in [2.75, 3.05) is 13.2 Å². The smallest absolute Gasteiger partial charge is 0.193 e. The molecule has 0 saturated carbocycles. The van der Waals surface area contributed by atoms with Crippen molar-refractivity contribution in [3.8, 4) is 45.7 Å². The van der Waals surface area contributed by atoms with E-state index in [1.54, 1.807) is 12.1 Å². The van der Waals surface area contributed by atoms with E-state index in [9.17, 15) is 9.90 Å². The van der Waals surface area contributed by atoms with Gasteiger partial charge in [0.1, 0.15) is 11.5 Å². The second kappa shape index (κ2) is 13.9. The van der Waals surface area contributed by atoms with Crippen LogP contribution >= 0.6 is 0 Å². The number of phenolic OH excluding ortho intramolecular Hbond substituents is 1. The number of rotatable bonds is 13. The first-order valence-corrected chi connectivity index (χ1v) is 14.3. The minimum absolute atomic E-state index is 0.0414. The van der Waals surface area contributed by atoms with Crippen LogP contribution in [0.25, 0.3) is 34.2 Å². The molecule has 7 heteroatoms. The Morgan fingerprint density at radius 2 is 1.21 bits per heavy atom. The summed E-state index contributed by atoms with van der Waals surface area (Å²) in [5.74, 6) is 2.20. The molecule has 218 valence electrons. The highest BCUT2D eigenvalue weighted by atomic mass is 16.5. The number of nitrogens with zero attached hydrogens (tertiary/aromatic N) is 3. The maximum atomic E-state index is 11.1. The molecule has 0 spiro atoms. The second-order valence-electron chi connectivity index (χ2n) is 10.7. The van der Waals surface area contributed by atoms with Crippen LogP contribution in [-0.4, -0.2) is 39.1 Å². The molecule has 1 aromatic heterocycles. The fraction of sp³-hybridized carbons (Fsp3) is 0.314. The van der Waals surface area contributed by atoms with Gasteiger partial charge in [0.2, 0.25) is 0 Å². The van der Waals surface area contributed by atoms with Crippen molar-refractivity contribution >= 4 is 5.78 Å². The van der Waals surface area contributed by atoms with E-state index >= 15 is 0 Å². The second-order valence-corrected chi connectivity index (χ2v) is 10.7. The predicted octanol–water partition coefficient (Wildman–Crippen LogP) is 7.87. The van der Waals surface area contributed by atoms with Gasteiger partial charge in [-0.3, -0.25) is 4.79 Å². The van der Waals surface area contributed by atoms with Crippen LogP contribution in [0.2, 0.25) is 0 Å². The first-order chi connectivity index (χ1) is 20.1. The van der Waals surface area contributed by atoms with E-state index in [4.69, 9.17) is 24.4 Å². The molecule has 0 aliphatic heterocycles. The molecule has 0 radical (unpaired) electrons. The third-order valence-corrected chi connectivity index (χ3v) is 7.07. The molecule has 7 nitrogen and oxygen atoms in total. The monoisotopic (exact) mass is 565 g/mol. The number of carbonyl (C=O) groups is 1. The number of phenols is 1. The highest BCUT2D eigenvalue weighted by Crippen LogP contribution is 2.34. The minimum atomic E-state index is -0.142. The van der Waals surface area contributed by atoms with Crippen LogP contribution in [0.1, 0.15) is 54.9 Å². The molecule has 0 unspecified atom stereocenters. The van der Waals surface area contributed by atoms with Crippen molar-refractivity contribution in [3.63, 3.8) is 0 Å². The van der Waals surface area contributed by atoms with E-state index in [-0.39, 0.29) is 17.3 Å². The maximum Gasteiger partial charge on any atom is 0.193 e. The normalized spacial score (nSPS) is 10.9. The summed E-state index contributed by atoms with van der Waals surface area (Å²) >= 11 is 0. The average molecular weight is 566 g/mol. The lowest BCUT2D eigenvalue weighted by molar-refractivity contribution is -0.116. The van der Waals surface area contributed by atoms with Gasteiger partial charge in [-0.15, -0.1) is 0 Å². The molecule has 0 aliphatic carbocycles. The third kappa shape index (κ3) is 7.81. The summed E-state index contributed by atoms with van der Waals surface area (Å²) in [5.41, 5.74) is 6.82. The zero-order valence-electron chi connectivity index (χ0n) is 25.2. The van der Waals surface area contributed by atoms with Crippen molar-refractivity contribution in [1.82, 2.24) is 15.0 Å². The summed E-state index contributed by atoms with van der Waals surface area (Å²) in [4.78, 5) is 25.6. The summed E-state index contributed by atoms with van der Waals surface area (Å²) < 4.78 is 11.2. The summed E-state index contributed by atoms with van der Waals surface area (Å²) in [6, 6.07) is 17.6. The Kier molecular flexibility index (Phi) is 10.1. The molecule has 0 atom stereocenters. The molecular formula is C35H39N3O4. The summed E-state index contributed by atoms with van der Waals surface area (Å²) in [7, 11) is 0. The largest absolute Gasteiger partial charge is 0.507 e. The Morgan fingerprint density at radius 1 is 0.714 bits per heavy atom. The van der Waals surface area contributed by atoms with E-state index in [1.807, 2.05) is 44.2 Å². The van der Waals surface area contributed by atoms with Gasteiger partial charge in [0.15, 0.2) is 29.0 Å². The fourth-order valence-corrected chi connectivity index (χ4v) is 4.70. The molecule has 4 rings (SSSR count). The van der Waals surface area contributed by atoms with E-state index in [0.717, 1.165) is 47.9 Å². The fourth-order valence-electron chi connectivity index (χ4n) is 4.70. The molecule has 0 aliphatic rings. The van der Waals surface area contributed by atoms with Gasteiger partial charge in [0.05, 0.1) is 18.8 Å². The van der Waals surface area contributed by atoms with Crippen LogP contribution < -0.4 is 4.74 Å². The van der Waals surface area contributed by atoms with Gasteiger partial charge in [-0.2, -0.15) is 0 Å². The molecule has 1 heterocycles. The number of hydrogen-bond acceptors (Lipinski definition) is 7. The number of benzene rings is 3. The number of ketones is 1. The van der Waals surface area contributed by atoms with Gasteiger partial charge in [0.25, 0.3) is 0 Å². The van der Waals surface area contributed by atoms with Crippen LogP contribution in [0.4, 0.5) is 0 Å². The SMILES string of the molecule is C=C(OCCCCCCOc1ccc(-c2nc(-c3ccc(C)cc3C)nc(-c3ccc(C)cc3C)n2)c(O)c1)C(C)=O. The van der Waals surface area contributed by atoms with Crippen LogP contribution in [0.15, 0.2) is 66.9 Å². The van der Waals surface area contributed by atoms with E-state index in [2.05, 4.69) is 32.6 Å².